The summed E-state index contributed by atoms with van der Waals surface area (Å²) in [5, 5.41) is 3.74. The zero-order valence-corrected chi connectivity index (χ0v) is 15.1. The smallest absolute Gasteiger partial charge is 0.264 e. The van der Waals surface area contributed by atoms with Crippen LogP contribution in [-0.2, 0) is 4.79 Å². The Balaban J connectivity index is 1.91. The number of para-hydroxylation sites is 2. The van der Waals surface area contributed by atoms with Gasteiger partial charge in [0.1, 0.15) is 0 Å². The van der Waals surface area contributed by atoms with Crippen molar-refractivity contribution in [2.45, 2.75) is 0 Å². The second kappa shape index (κ2) is 7.63. The summed E-state index contributed by atoms with van der Waals surface area (Å²) in [5.74, 6) is 0.952. The average molecular weight is 375 g/mol. The first-order valence-corrected chi connectivity index (χ1v) is 8.57. The molecule has 1 aliphatic heterocycles. The van der Waals surface area contributed by atoms with E-state index in [2.05, 4.69) is 10.3 Å². The van der Waals surface area contributed by atoms with Crippen LogP contribution in [0.25, 0.3) is 6.08 Å². The monoisotopic (exact) mass is 374 g/mol. The Morgan fingerprint density at radius 1 is 1.12 bits per heavy atom. The van der Waals surface area contributed by atoms with Crippen LogP contribution in [0.15, 0.2) is 52.4 Å². The molecule has 3 rings (SSSR count). The number of amides is 1. The molecule has 0 aliphatic carbocycles. The Bertz CT molecular complexity index is 880. The van der Waals surface area contributed by atoms with E-state index in [9.17, 15) is 4.79 Å². The molecule has 1 heterocycles. The summed E-state index contributed by atoms with van der Waals surface area (Å²) in [6, 6.07) is 12.7. The molecule has 1 amide bonds. The molecule has 0 saturated carbocycles. The number of rotatable bonds is 4. The van der Waals surface area contributed by atoms with Crippen LogP contribution in [0.4, 0.5) is 5.69 Å². The SMILES string of the molecule is COc1cccc(/C=C2/SC(=Nc3ccccc3Cl)NC2=O)c1OC. The van der Waals surface area contributed by atoms with Crippen LogP contribution in [0.3, 0.4) is 0 Å². The highest BCUT2D eigenvalue weighted by Gasteiger charge is 2.24. The highest BCUT2D eigenvalue weighted by Crippen LogP contribution is 2.35. The van der Waals surface area contributed by atoms with Crippen molar-refractivity contribution in [2.24, 2.45) is 4.99 Å². The fourth-order valence-corrected chi connectivity index (χ4v) is 3.30. The topological polar surface area (TPSA) is 59.9 Å². The van der Waals surface area contributed by atoms with Crippen molar-refractivity contribution in [3.8, 4) is 11.5 Å². The van der Waals surface area contributed by atoms with E-state index in [1.54, 1.807) is 38.5 Å². The Hall–Kier alpha value is -2.44. The third-order valence-electron chi connectivity index (χ3n) is 3.45. The number of methoxy groups -OCH3 is 2. The van der Waals surface area contributed by atoms with Crippen molar-refractivity contribution in [2.75, 3.05) is 14.2 Å². The third-order valence-corrected chi connectivity index (χ3v) is 4.67. The summed E-state index contributed by atoms with van der Waals surface area (Å²) in [5.41, 5.74) is 1.35. The van der Waals surface area contributed by atoms with Gasteiger partial charge in [-0.2, -0.15) is 0 Å². The van der Waals surface area contributed by atoms with E-state index in [0.717, 1.165) is 5.56 Å². The number of nitrogens with one attached hydrogen (secondary N) is 1. The lowest BCUT2D eigenvalue weighted by Crippen LogP contribution is -2.19. The van der Waals surface area contributed by atoms with Gasteiger partial charge in [0.15, 0.2) is 16.7 Å². The van der Waals surface area contributed by atoms with Crippen LogP contribution in [0.5, 0.6) is 11.5 Å². The number of nitrogens with zero attached hydrogens (tertiary/aromatic N) is 1. The normalized spacial score (nSPS) is 17.0. The first-order valence-electron chi connectivity index (χ1n) is 7.37. The van der Waals surface area contributed by atoms with Crippen molar-refractivity contribution in [1.29, 1.82) is 0 Å². The van der Waals surface area contributed by atoms with E-state index in [-0.39, 0.29) is 5.91 Å². The molecule has 1 saturated heterocycles. The second-order valence-corrected chi connectivity index (χ2v) is 6.45. The van der Waals surface area contributed by atoms with Gasteiger partial charge in [-0.25, -0.2) is 4.99 Å². The summed E-state index contributed by atoms with van der Waals surface area (Å²) < 4.78 is 10.7. The summed E-state index contributed by atoms with van der Waals surface area (Å²) >= 11 is 7.35. The molecular formula is C18H15ClN2O3S. The molecule has 0 spiro atoms. The predicted molar refractivity (Wildman–Crippen MR) is 102 cm³/mol. The van der Waals surface area contributed by atoms with E-state index in [1.165, 1.54) is 11.8 Å². The molecule has 0 atom stereocenters. The number of halogens is 1. The van der Waals surface area contributed by atoms with E-state index < -0.39 is 0 Å². The van der Waals surface area contributed by atoms with Gasteiger partial charge in [-0.15, -0.1) is 0 Å². The van der Waals surface area contributed by atoms with Crippen molar-refractivity contribution >= 4 is 46.2 Å². The number of benzene rings is 2. The summed E-state index contributed by atoms with van der Waals surface area (Å²) in [6.07, 6.45) is 1.75. The minimum absolute atomic E-state index is 0.222. The molecule has 1 fully saturated rings. The first-order chi connectivity index (χ1) is 12.1. The summed E-state index contributed by atoms with van der Waals surface area (Å²) in [6.45, 7) is 0. The Morgan fingerprint density at radius 3 is 2.64 bits per heavy atom. The Labute approximate surface area is 154 Å². The lowest BCUT2D eigenvalue weighted by molar-refractivity contribution is -0.115. The molecule has 1 aliphatic rings. The highest BCUT2D eigenvalue weighted by atomic mass is 35.5. The van der Waals surface area contributed by atoms with Gasteiger partial charge < -0.3 is 14.8 Å². The molecule has 0 bridgehead atoms. The molecule has 2 aromatic rings. The largest absolute Gasteiger partial charge is 0.493 e. The number of carbonyl (C=O) groups is 1. The summed E-state index contributed by atoms with van der Waals surface area (Å²) in [4.78, 5) is 17.1. The van der Waals surface area contributed by atoms with Crippen molar-refractivity contribution in [3.05, 3.63) is 58.0 Å². The Kier molecular flexibility index (Phi) is 5.31. The van der Waals surface area contributed by atoms with Crippen molar-refractivity contribution in [1.82, 2.24) is 5.32 Å². The maximum Gasteiger partial charge on any atom is 0.264 e. The van der Waals surface area contributed by atoms with Crippen LogP contribution in [-0.4, -0.2) is 25.3 Å². The number of amidine groups is 1. The number of ether oxygens (including phenoxy) is 2. The van der Waals surface area contributed by atoms with Crippen molar-refractivity contribution < 1.29 is 14.3 Å². The van der Waals surface area contributed by atoms with Gasteiger partial charge in [-0.3, -0.25) is 4.79 Å². The van der Waals surface area contributed by atoms with Gasteiger partial charge in [0.05, 0.1) is 29.8 Å². The maximum atomic E-state index is 12.2. The fraction of sp³-hybridized carbons (Fsp3) is 0.111. The lowest BCUT2D eigenvalue weighted by Gasteiger charge is -2.10. The maximum absolute atomic E-state index is 12.2. The quantitative estimate of drug-likeness (QED) is 0.813. The van der Waals surface area contributed by atoms with Crippen LogP contribution >= 0.6 is 23.4 Å². The van der Waals surface area contributed by atoms with Crippen LogP contribution in [0, 0.1) is 0 Å². The van der Waals surface area contributed by atoms with Gasteiger partial charge >= 0.3 is 0 Å². The first kappa shape index (κ1) is 17.4. The number of thioether (sulfide) groups is 1. The fourth-order valence-electron chi connectivity index (χ4n) is 2.30. The second-order valence-electron chi connectivity index (χ2n) is 5.02. The van der Waals surface area contributed by atoms with Crippen LogP contribution < -0.4 is 14.8 Å². The zero-order valence-electron chi connectivity index (χ0n) is 13.6. The molecule has 2 aromatic carbocycles. The minimum atomic E-state index is -0.222. The number of hydrogen-bond donors (Lipinski definition) is 1. The van der Waals surface area contributed by atoms with E-state index in [1.807, 2.05) is 24.3 Å². The predicted octanol–water partition coefficient (Wildman–Crippen LogP) is 4.25. The summed E-state index contributed by atoms with van der Waals surface area (Å²) in [7, 11) is 3.13. The third kappa shape index (κ3) is 3.81. The van der Waals surface area contributed by atoms with Gasteiger partial charge in [0.25, 0.3) is 5.91 Å². The molecule has 5 nitrogen and oxygen atoms in total. The van der Waals surface area contributed by atoms with Crippen molar-refractivity contribution in [3.63, 3.8) is 0 Å². The molecule has 1 N–H and O–H groups in total. The van der Waals surface area contributed by atoms with Crippen LogP contribution in [0.2, 0.25) is 5.02 Å². The van der Waals surface area contributed by atoms with Gasteiger partial charge in [-0.05, 0) is 36.0 Å². The molecular weight excluding hydrogens is 360 g/mol. The molecule has 0 aromatic heterocycles. The number of carbonyl (C=O) groups excluding carboxylic acids is 1. The lowest BCUT2D eigenvalue weighted by atomic mass is 10.1. The number of hydrogen-bond acceptors (Lipinski definition) is 5. The molecule has 7 heteroatoms. The van der Waals surface area contributed by atoms with E-state index in [0.29, 0.717) is 32.3 Å². The standard InChI is InChI=1S/C18H15ClN2O3S/c1-23-14-9-5-6-11(16(14)24-2)10-15-17(22)21-18(25-15)20-13-8-4-3-7-12(13)19/h3-10H,1-2H3,(H,20,21,22)/b15-10+. The van der Waals surface area contributed by atoms with E-state index in [4.69, 9.17) is 21.1 Å². The minimum Gasteiger partial charge on any atom is -0.493 e. The molecule has 128 valence electrons. The molecule has 0 unspecified atom stereocenters. The molecule has 25 heavy (non-hydrogen) atoms. The van der Waals surface area contributed by atoms with Crippen LogP contribution in [0.1, 0.15) is 5.56 Å². The molecule has 0 radical (unpaired) electrons. The average Bonchev–Trinajstić information content (AvgIpc) is 2.96. The van der Waals surface area contributed by atoms with E-state index >= 15 is 0 Å². The number of aliphatic imine (C=N–C) groups is 1. The Morgan fingerprint density at radius 2 is 1.92 bits per heavy atom. The van der Waals surface area contributed by atoms with Gasteiger partial charge in [0.2, 0.25) is 0 Å². The highest BCUT2D eigenvalue weighted by molar-refractivity contribution is 8.18. The zero-order chi connectivity index (χ0) is 17.8. The van der Waals surface area contributed by atoms with Gasteiger partial charge in [0, 0.05) is 5.56 Å². The van der Waals surface area contributed by atoms with Gasteiger partial charge in [-0.1, -0.05) is 35.9 Å².